The van der Waals surface area contributed by atoms with Crippen LogP contribution >= 0.6 is 11.6 Å². The maximum atomic E-state index is 13.8. The molecule has 152 valence electrons. The van der Waals surface area contributed by atoms with Gasteiger partial charge in [0.05, 0.1) is 16.1 Å². The molecular formula is C22H20ClFN6. The Balaban J connectivity index is 1.79. The lowest BCUT2D eigenvalue weighted by Crippen LogP contribution is -2.50. The molecule has 0 spiro atoms. The molecular weight excluding hydrogens is 403 g/mol. The molecule has 1 fully saturated rings. The van der Waals surface area contributed by atoms with Crippen molar-refractivity contribution in [2.45, 2.75) is 13.0 Å². The van der Waals surface area contributed by atoms with Gasteiger partial charge in [0.2, 0.25) is 0 Å². The number of hydrogen-bond donors (Lipinski definition) is 1. The number of halogens is 2. The van der Waals surface area contributed by atoms with E-state index in [2.05, 4.69) is 32.1 Å². The second-order valence-corrected chi connectivity index (χ2v) is 7.78. The first-order valence-electron chi connectivity index (χ1n) is 9.83. The van der Waals surface area contributed by atoms with Crippen molar-refractivity contribution < 1.29 is 4.39 Å². The van der Waals surface area contributed by atoms with E-state index in [0.717, 1.165) is 53.4 Å². The van der Waals surface area contributed by atoms with Crippen LogP contribution in [0.1, 0.15) is 6.92 Å². The van der Waals surface area contributed by atoms with Gasteiger partial charge in [-0.2, -0.15) is 0 Å². The molecule has 3 aromatic heterocycles. The molecule has 1 N–H and O–H groups in total. The number of benzene rings is 1. The summed E-state index contributed by atoms with van der Waals surface area (Å²) in [4.78, 5) is 16.1. The summed E-state index contributed by atoms with van der Waals surface area (Å²) in [5, 5.41) is 4.41. The van der Waals surface area contributed by atoms with Gasteiger partial charge in [-0.3, -0.25) is 4.98 Å². The molecule has 8 heteroatoms. The average molecular weight is 423 g/mol. The van der Waals surface area contributed by atoms with Gasteiger partial charge in [-0.25, -0.2) is 14.4 Å². The highest BCUT2D eigenvalue weighted by Gasteiger charge is 2.25. The number of nitrogens with one attached hydrogen (secondary N) is 1. The maximum absolute atomic E-state index is 13.8. The molecule has 0 radical (unpaired) electrons. The summed E-state index contributed by atoms with van der Waals surface area (Å²) in [5.41, 5.74) is 3.21. The fraction of sp³-hybridized carbons (Fsp3) is 0.227. The van der Waals surface area contributed by atoms with Crippen LogP contribution in [0.2, 0.25) is 5.02 Å². The molecule has 1 atom stereocenters. The lowest BCUT2D eigenvalue weighted by Gasteiger charge is -2.35. The van der Waals surface area contributed by atoms with E-state index in [1.54, 1.807) is 24.7 Å². The van der Waals surface area contributed by atoms with Crippen LogP contribution in [0, 0.1) is 5.82 Å². The van der Waals surface area contributed by atoms with Crippen LogP contribution in [0.25, 0.3) is 28.0 Å². The number of rotatable bonds is 3. The molecule has 1 aliphatic heterocycles. The zero-order chi connectivity index (χ0) is 20.7. The van der Waals surface area contributed by atoms with Gasteiger partial charge in [0, 0.05) is 49.3 Å². The third-order valence-electron chi connectivity index (χ3n) is 5.46. The van der Waals surface area contributed by atoms with Crippen molar-refractivity contribution in [3.8, 4) is 16.9 Å². The molecule has 0 bridgehead atoms. The zero-order valence-corrected chi connectivity index (χ0v) is 17.1. The van der Waals surface area contributed by atoms with Crippen LogP contribution in [-0.4, -0.2) is 45.2 Å². The Bertz CT molecular complexity index is 1210. The van der Waals surface area contributed by atoms with Crippen molar-refractivity contribution in [1.82, 2.24) is 24.8 Å². The number of anilines is 1. The van der Waals surface area contributed by atoms with Crippen LogP contribution in [0.5, 0.6) is 0 Å². The largest absolute Gasteiger partial charge is 0.351 e. The second kappa shape index (κ2) is 7.66. The third-order valence-corrected chi connectivity index (χ3v) is 5.75. The summed E-state index contributed by atoms with van der Waals surface area (Å²) < 4.78 is 15.7. The predicted molar refractivity (Wildman–Crippen MR) is 117 cm³/mol. The number of aromatic nitrogens is 4. The Morgan fingerprint density at radius 3 is 2.83 bits per heavy atom. The van der Waals surface area contributed by atoms with Crippen molar-refractivity contribution in [2.75, 3.05) is 24.5 Å². The quantitative estimate of drug-likeness (QED) is 0.539. The molecule has 0 unspecified atom stereocenters. The van der Waals surface area contributed by atoms with Crippen molar-refractivity contribution in [2.24, 2.45) is 0 Å². The van der Waals surface area contributed by atoms with Gasteiger partial charge in [0.25, 0.3) is 0 Å². The van der Waals surface area contributed by atoms with E-state index in [0.29, 0.717) is 0 Å². The Morgan fingerprint density at radius 2 is 2.07 bits per heavy atom. The SMILES string of the molecule is C[C@H]1CNCCN1c1ncnc2c1c(-c1ccccn1)cn2-c1ccc(F)c(Cl)c1. The van der Waals surface area contributed by atoms with Crippen LogP contribution in [0.4, 0.5) is 10.2 Å². The average Bonchev–Trinajstić information content (AvgIpc) is 3.17. The number of pyridine rings is 1. The molecule has 1 aliphatic rings. The van der Waals surface area contributed by atoms with E-state index in [1.165, 1.54) is 6.07 Å². The van der Waals surface area contributed by atoms with E-state index in [1.807, 2.05) is 29.0 Å². The molecule has 0 amide bonds. The molecule has 5 rings (SSSR count). The highest BCUT2D eigenvalue weighted by molar-refractivity contribution is 6.30. The normalized spacial score (nSPS) is 16.9. The van der Waals surface area contributed by atoms with Crippen molar-refractivity contribution in [3.05, 3.63) is 66.0 Å². The summed E-state index contributed by atoms with van der Waals surface area (Å²) in [6.07, 6.45) is 5.32. The van der Waals surface area contributed by atoms with Gasteiger partial charge in [-0.1, -0.05) is 17.7 Å². The van der Waals surface area contributed by atoms with E-state index in [-0.39, 0.29) is 11.1 Å². The van der Waals surface area contributed by atoms with Crippen LogP contribution in [0.3, 0.4) is 0 Å². The third kappa shape index (κ3) is 3.20. The van der Waals surface area contributed by atoms with E-state index < -0.39 is 5.82 Å². The number of hydrogen-bond acceptors (Lipinski definition) is 5. The Kier molecular flexibility index (Phi) is 4.84. The van der Waals surface area contributed by atoms with Gasteiger partial charge in [-0.15, -0.1) is 0 Å². The van der Waals surface area contributed by atoms with Crippen molar-refractivity contribution in [3.63, 3.8) is 0 Å². The maximum Gasteiger partial charge on any atom is 0.150 e. The lowest BCUT2D eigenvalue weighted by atomic mass is 10.1. The minimum absolute atomic E-state index is 0.0683. The fourth-order valence-corrected chi connectivity index (χ4v) is 4.14. The van der Waals surface area contributed by atoms with Crippen LogP contribution in [-0.2, 0) is 0 Å². The topological polar surface area (TPSA) is 58.9 Å². The molecule has 0 aliphatic carbocycles. The number of piperazine rings is 1. The van der Waals surface area contributed by atoms with Crippen molar-refractivity contribution in [1.29, 1.82) is 0 Å². The Morgan fingerprint density at radius 1 is 1.17 bits per heavy atom. The highest BCUT2D eigenvalue weighted by atomic mass is 35.5. The first kappa shape index (κ1) is 19.0. The summed E-state index contributed by atoms with van der Waals surface area (Å²) >= 11 is 6.06. The molecule has 30 heavy (non-hydrogen) atoms. The summed E-state index contributed by atoms with van der Waals surface area (Å²) in [6, 6.07) is 10.8. The summed E-state index contributed by atoms with van der Waals surface area (Å²) in [7, 11) is 0. The first-order valence-corrected chi connectivity index (χ1v) is 10.2. The van der Waals surface area contributed by atoms with Crippen LogP contribution < -0.4 is 10.2 Å². The zero-order valence-electron chi connectivity index (χ0n) is 16.4. The molecule has 1 saturated heterocycles. The van der Waals surface area contributed by atoms with Gasteiger partial charge in [0.15, 0.2) is 5.65 Å². The monoisotopic (exact) mass is 422 g/mol. The summed E-state index contributed by atoms with van der Waals surface area (Å²) in [6.45, 7) is 4.81. The minimum atomic E-state index is -0.452. The van der Waals surface area contributed by atoms with Crippen LogP contribution in [0.15, 0.2) is 55.1 Å². The molecule has 4 aromatic rings. The standard InChI is InChI=1S/C22H20ClFN6/c1-14-11-25-8-9-29(14)21-20-16(19-4-2-3-7-26-19)12-30(22(20)28-13-27-21)15-5-6-18(24)17(23)10-15/h2-7,10,12-14,25H,8-9,11H2,1H3/t14-/m0/s1. The van der Waals surface area contributed by atoms with Gasteiger partial charge >= 0.3 is 0 Å². The van der Waals surface area contributed by atoms with E-state index >= 15 is 0 Å². The predicted octanol–water partition coefficient (Wildman–Crippen LogP) is 4.07. The number of nitrogens with zero attached hydrogens (tertiary/aromatic N) is 5. The number of fused-ring (bicyclic) bond motifs is 1. The Hall–Kier alpha value is -3.03. The second-order valence-electron chi connectivity index (χ2n) is 7.37. The molecule has 6 nitrogen and oxygen atoms in total. The molecule has 1 aromatic carbocycles. The summed E-state index contributed by atoms with van der Waals surface area (Å²) in [5.74, 6) is 0.424. The van der Waals surface area contributed by atoms with E-state index in [9.17, 15) is 4.39 Å². The first-order chi connectivity index (χ1) is 14.6. The minimum Gasteiger partial charge on any atom is -0.351 e. The highest BCUT2D eigenvalue weighted by Crippen LogP contribution is 2.37. The van der Waals surface area contributed by atoms with Gasteiger partial charge in [0.1, 0.15) is 18.0 Å². The lowest BCUT2D eigenvalue weighted by molar-refractivity contribution is 0.498. The molecule has 4 heterocycles. The van der Waals surface area contributed by atoms with E-state index in [4.69, 9.17) is 11.6 Å². The van der Waals surface area contributed by atoms with Crippen molar-refractivity contribution >= 4 is 28.5 Å². The fourth-order valence-electron chi connectivity index (χ4n) is 3.97. The molecule has 0 saturated carbocycles. The van der Waals surface area contributed by atoms with Gasteiger partial charge in [-0.05, 0) is 37.3 Å². The smallest absolute Gasteiger partial charge is 0.150 e. The Labute approximate surface area is 178 Å². The van der Waals surface area contributed by atoms with Gasteiger partial charge < -0.3 is 14.8 Å².